The Morgan fingerprint density at radius 1 is 1.19 bits per heavy atom. The molecule has 0 atom stereocenters. The van der Waals surface area contributed by atoms with E-state index in [1.54, 1.807) is 18.2 Å². The highest BCUT2D eigenvalue weighted by atomic mass is 16.3. The first kappa shape index (κ1) is 10.6. The highest BCUT2D eigenvalue weighted by Gasteiger charge is 2.35. The van der Waals surface area contributed by atoms with Crippen LogP contribution in [0.15, 0.2) is 18.2 Å². The molecular weight excluding hydrogens is 208 g/mol. The van der Waals surface area contributed by atoms with E-state index in [1.807, 2.05) is 19.0 Å². The number of rotatable bonds is 2. The van der Waals surface area contributed by atoms with Crippen LogP contribution in [0.5, 0.6) is 0 Å². The first-order valence-corrected chi connectivity index (χ1v) is 4.84. The van der Waals surface area contributed by atoms with Crippen LogP contribution in [0.2, 0.25) is 0 Å². The summed E-state index contributed by atoms with van der Waals surface area (Å²) in [5.41, 5.74) is 1.55. The van der Waals surface area contributed by atoms with Crippen LogP contribution in [-0.4, -0.2) is 42.6 Å². The number of fused-ring (bicyclic) bond motifs is 1. The van der Waals surface area contributed by atoms with Crippen molar-refractivity contribution in [2.45, 2.75) is 0 Å². The van der Waals surface area contributed by atoms with Gasteiger partial charge in [0.15, 0.2) is 0 Å². The van der Waals surface area contributed by atoms with Gasteiger partial charge in [-0.3, -0.25) is 14.5 Å². The number of hydrogen-bond donors (Lipinski definition) is 1. The number of hydrogen-bond acceptors (Lipinski definition) is 4. The largest absolute Gasteiger partial charge is 0.378 e. The van der Waals surface area contributed by atoms with Crippen molar-refractivity contribution < 1.29 is 14.7 Å². The molecule has 5 heteroatoms. The number of carbonyl (C=O) groups is 2. The van der Waals surface area contributed by atoms with Crippen molar-refractivity contribution in [2.24, 2.45) is 0 Å². The molecule has 2 amide bonds. The molecule has 1 heterocycles. The van der Waals surface area contributed by atoms with Crippen molar-refractivity contribution >= 4 is 17.5 Å². The Balaban J connectivity index is 2.52. The lowest BCUT2D eigenvalue weighted by atomic mass is 10.1. The maximum atomic E-state index is 11.7. The Bertz CT molecular complexity index is 468. The normalized spacial score (nSPS) is 14.3. The minimum atomic E-state index is -0.580. The lowest BCUT2D eigenvalue weighted by Gasteiger charge is -2.12. The van der Waals surface area contributed by atoms with Gasteiger partial charge >= 0.3 is 0 Å². The van der Waals surface area contributed by atoms with E-state index in [2.05, 4.69) is 0 Å². The van der Waals surface area contributed by atoms with Crippen LogP contribution < -0.4 is 4.90 Å². The first-order chi connectivity index (χ1) is 7.56. The van der Waals surface area contributed by atoms with Gasteiger partial charge in [-0.15, -0.1) is 0 Å². The molecule has 1 aromatic rings. The molecule has 1 aromatic carbocycles. The average molecular weight is 220 g/mol. The number of amides is 2. The van der Waals surface area contributed by atoms with Crippen molar-refractivity contribution in [2.75, 3.05) is 25.7 Å². The second-order valence-corrected chi connectivity index (χ2v) is 3.80. The number of anilines is 1. The monoisotopic (exact) mass is 220 g/mol. The van der Waals surface area contributed by atoms with Gasteiger partial charge in [0.05, 0.1) is 11.1 Å². The lowest BCUT2D eigenvalue weighted by Crippen LogP contribution is -2.30. The number of aliphatic hydroxyl groups is 1. The lowest BCUT2D eigenvalue weighted by molar-refractivity contribution is 0.0490. The molecule has 1 N–H and O–H groups in total. The molecule has 0 fully saturated rings. The molecule has 16 heavy (non-hydrogen) atoms. The third kappa shape index (κ3) is 1.37. The Kier molecular flexibility index (Phi) is 2.40. The predicted molar refractivity (Wildman–Crippen MR) is 58.4 cm³/mol. The van der Waals surface area contributed by atoms with Crippen molar-refractivity contribution in [3.05, 3.63) is 29.3 Å². The summed E-state index contributed by atoms with van der Waals surface area (Å²) in [5.74, 6) is -0.876. The van der Waals surface area contributed by atoms with Gasteiger partial charge in [-0.1, -0.05) is 0 Å². The van der Waals surface area contributed by atoms with Crippen molar-refractivity contribution in [1.82, 2.24) is 4.90 Å². The average Bonchev–Trinajstić information content (AvgIpc) is 2.51. The van der Waals surface area contributed by atoms with Crippen LogP contribution in [0.1, 0.15) is 20.7 Å². The Morgan fingerprint density at radius 3 is 2.38 bits per heavy atom. The minimum Gasteiger partial charge on any atom is -0.378 e. The molecule has 0 radical (unpaired) electrons. The van der Waals surface area contributed by atoms with E-state index in [0.29, 0.717) is 11.1 Å². The maximum absolute atomic E-state index is 11.7. The second kappa shape index (κ2) is 3.61. The Morgan fingerprint density at radius 2 is 1.81 bits per heavy atom. The van der Waals surface area contributed by atoms with E-state index in [9.17, 15) is 9.59 Å². The van der Waals surface area contributed by atoms with Gasteiger partial charge in [-0.25, -0.2) is 0 Å². The molecule has 0 aromatic heterocycles. The SMILES string of the molecule is CN(C)c1ccc2c(c1)C(=O)N(CO)C2=O. The zero-order valence-corrected chi connectivity index (χ0v) is 9.10. The summed E-state index contributed by atoms with van der Waals surface area (Å²) in [5, 5.41) is 8.93. The quantitative estimate of drug-likeness (QED) is 0.728. The number of benzene rings is 1. The molecule has 0 unspecified atom stereocenters. The number of imide groups is 1. The summed E-state index contributed by atoms with van der Waals surface area (Å²) < 4.78 is 0. The van der Waals surface area contributed by atoms with Crippen LogP contribution in [-0.2, 0) is 0 Å². The van der Waals surface area contributed by atoms with E-state index in [0.717, 1.165) is 10.6 Å². The standard InChI is InChI=1S/C11H12N2O3/c1-12(2)7-3-4-8-9(5-7)11(16)13(6-14)10(8)15/h3-5,14H,6H2,1-2H3. The summed E-state index contributed by atoms with van der Waals surface area (Å²) in [7, 11) is 3.71. The molecule has 0 saturated carbocycles. The summed E-state index contributed by atoms with van der Waals surface area (Å²) in [6, 6.07) is 5.04. The third-order valence-corrected chi connectivity index (χ3v) is 2.61. The maximum Gasteiger partial charge on any atom is 0.263 e. The fourth-order valence-corrected chi connectivity index (χ4v) is 1.69. The van der Waals surface area contributed by atoms with Crippen molar-refractivity contribution in [1.29, 1.82) is 0 Å². The summed E-state index contributed by atoms with van der Waals surface area (Å²) >= 11 is 0. The fourth-order valence-electron chi connectivity index (χ4n) is 1.69. The van der Waals surface area contributed by atoms with E-state index >= 15 is 0 Å². The van der Waals surface area contributed by atoms with Crippen LogP contribution in [0.4, 0.5) is 5.69 Å². The summed E-state index contributed by atoms with van der Waals surface area (Å²) in [6.07, 6.45) is 0. The van der Waals surface area contributed by atoms with Crippen LogP contribution in [0.3, 0.4) is 0 Å². The number of aliphatic hydroxyl groups excluding tert-OH is 1. The van der Waals surface area contributed by atoms with Crippen molar-refractivity contribution in [3.8, 4) is 0 Å². The molecule has 84 valence electrons. The topological polar surface area (TPSA) is 60.9 Å². The first-order valence-electron chi connectivity index (χ1n) is 4.84. The number of nitrogens with zero attached hydrogens (tertiary/aromatic N) is 2. The van der Waals surface area contributed by atoms with Gasteiger partial charge in [-0.05, 0) is 18.2 Å². The smallest absolute Gasteiger partial charge is 0.263 e. The molecule has 0 aliphatic carbocycles. The van der Waals surface area contributed by atoms with E-state index in [-0.39, 0.29) is 0 Å². The summed E-state index contributed by atoms with van der Waals surface area (Å²) in [4.78, 5) is 26.1. The number of carbonyl (C=O) groups excluding carboxylic acids is 2. The van der Waals surface area contributed by atoms with Gasteiger partial charge in [-0.2, -0.15) is 0 Å². The third-order valence-electron chi connectivity index (χ3n) is 2.61. The molecule has 1 aliphatic rings. The van der Waals surface area contributed by atoms with Crippen LogP contribution >= 0.6 is 0 Å². The molecule has 0 bridgehead atoms. The van der Waals surface area contributed by atoms with Gasteiger partial charge in [0.25, 0.3) is 11.8 Å². The Labute approximate surface area is 92.9 Å². The molecular formula is C11H12N2O3. The Hall–Kier alpha value is -1.88. The zero-order valence-electron chi connectivity index (χ0n) is 9.10. The molecule has 5 nitrogen and oxygen atoms in total. The van der Waals surface area contributed by atoms with Gasteiger partial charge in [0.1, 0.15) is 6.73 Å². The van der Waals surface area contributed by atoms with Gasteiger partial charge in [0, 0.05) is 19.8 Å². The zero-order chi connectivity index (χ0) is 11.9. The van der Waals surface area contributed by atoms with Gasteiger partial charge in [0.2, 0.25) is 0 Å². The molecule has 0 saturated heterocycles. The van der Waals surface area contributed by atoms with E-state index in [1.165, 1.54) is 0 Å². The molecule has 2 rings (SSSR count). The van der Waals surface area contributed by atoms with E-state index in [4.69, 9.17) is 5.11 Å². The van der Waals surface area contributed by atoms with Crippen molar-refractivity contribution in [3.63, 3.8) is 0 Å². The summed E-state index contributed by atoms with van der Waals surface area (Å²) in [6.45, 7) is -0.580. The highest BCUT2D eigenvalue weighted by molar-refractivity contribution is 6.21. The predicted octanol–water partition coefficient (Wildman–Crippen LogP) is 0.298. The van der Waals surface area contributed by atoms with Crippen LogP contribution in [0.25, 0.3) is 0 Å². The highest BCUT2D eigenvalue weighted by Crippen LogP contribution is 2.26. The fraction of sp³-hybridized carbons (Fsp3) is 0.273. The second-order valence-electron chi connectivity index (χ2n) is 3.80. The van der Waals surface area contributed by atoms with Crippen LogP contribution in [0, 0.1) is 0 Å². The molecule has 1 aliphatic heterocycles. The molecule has 0 spiro atoms. The minimum absolute atomic E-state index is 0.352. The van der Waals surface area contributed by atoms with Gasteiger partial charge < -0.3 is 10.0 Å². The van der Waals surface area contributed by atoms with E-state index < -0.39 is 18.5 Å².